The minimum absolute atomic E-state index is 0.00347. The van der Waals surface area contributed by atoms with E-state index in [-0.39, 0.29) is 18.5 Å². The summed E-state index contributed by atoms with van der Waals surface area (Å²) in [6.45, 7) is 4.83. The van der Waals surface area contributed by atoms with Crippen molar-refractivity contribution in [3.05, 3.63) is 36.5 Å². The summed E-state index contributed by atoms with van der Waals surface area (Å²) in [4.78, 5) is 24.3. The lowest BCUT2D eigenvalue weighted by Crippen LogP contribution is -2.45. The van der Waals surface area contributed by atoms with E-state index < -0.39 is 12.1 Å². The van der Waals surface area contributed by atoms with Crippen molar-refractivity contribution in [1.29, 1.82) is 0 Å². The second-order valence-electron chi connectivity index (χ2n) is 17.5. The van der Waals surface area contributed by atoms with Crippen LogP contribution in [0.2, 0.25) is 0 Å². The van der Waals surface area contributed by atoms with Gasteiger partial charge in [0.05, 0.1) is 25.4 Å². The number of allylic oxidation sites excluding steroid dienone is 5. The molecule has 0 spiro atoms. The smallest absolute Gasteiger partial charge is 0.305 e. The van der Waals surface area contributed by atoms with Crippen LogP contribution in [0, 0.1) is 0 Å². The zero-order chi connectivity index (χ0) is 43.0. The summed E-state index contributed by atoms with van der Waals surface area (Å²) in [6, 6.07) is -0.631. The molecule has 3 N–H and O–H groups in total. The molecule has 0 aliphatic heterocycles. The fourth-order valence-electron chi connectivity index (χ4n) is 7.62. The third kappa shape index (κ3) is 45.4. The highest BCUT2D eigenvalue weighted by Gasteiger charge is 2.18. The van der Waals surface area contributed by atoms with Gasteiger partial charge in [0.1, 0.15) is 0 Å². The summed E-state index contributed by atoms with van der Waals surface area (Å²) >= 11 is 0. The zero-order valence-corrected chi connectivity index (χ0v) is 39.2. The zero-order valence-electron chi connectivity index (χ0n) is 39.2. The Morgan fingerprint density at radius 3 is 1.24 bits per heavy atom. The Labute approximate surface area is 366 Å². The third-order valence-electron chi connectivity index (χ3n) is 11.6. The number of esters is 1. The number of aliphatic hydroxyl groups excluding tert-OH is 2. The van der Waals surface area contributed by atoms with E-state index in [4.69, 9.17) is 4.74 Å². The van der Waals surface area contributed by atoms with Crippen molar-refractivity contribution in [2.24, 2.45) is 0 Å². The summed E-state index contributed by atoms with van der Waals surface area (Å²) in [5.41, 5.74) is 0. The number of hydrogen-bond acceptors (Lipinski definition) is 5. The van der Waals surface area contributed by atoms with E-state index in [1.54, 1.807) is 6.08 Å². The molecule has 1 amide bonds. The fraction of sp³-hybridized carbons (Fsp3) is 0.849. The molecule has 59 heavy (non-hydrogen) atoms. The molecule has 2 unspecified atom stereocenters. The van der Waals surface area contributed by atoms with Crippen LogP contribution in [0.1, 0.15) is 264 Å². The Bertz CT molecular complexity index is 962. The number of amides is 1. The van der Waals surface area contributed by atoms with E-state index in [0.29, 0.717) is 19.4 Å². The van der Waals surface area contributed by atoms with E-state index in [2.05, 4.69) is 43.5 Å². The van der Waals surface area contributed by atoms with Gasteiger partial charge in [0.15, 0.2) is 0 Å². The Kier molecular flexibility index (Phi) is 47.2. The van der Waals surface area contributed by atoms with Gasteiger partial charge in [-0.2, -0.15) is 0 Å². The van der Waals surface area contributed by atoms with Gasteiger partial charge < -0.3 is 20.3 Å². The molecule has 0 aliphatic rings. The first-order valence-corrected chi connectivity index (χ1v) is 25.8. The predicted molar refractivity (Wildman–Crippen MR) is 255 cm³/mol. The Hall–Kier alpha value is -1.92. The van der Waals surface area contributed by atoms with Gasteiger partial charge in [-0.05, 0) is 83.5 Å². The maximum Gasteiger partial charge on any atom is 0.305 e. The van der Waals surface area contributed by atoms with Crippen LogP contribution in [-0.4, -0.2) is 47.4 Å². The van der Waals surface area contributed by atoms with Gasteiger partial charge in [-0.3, -0.25) is 9.59 Å². The predicted octanol–water partition coefficient (Wildman–Crippen LogP) is 15.3. The van der Waals surface area contributed by atoms with Gasteiger partial charge in [-0.15, -0.1) is 0 Å². The molecule has 0 aromatic heterocycles. The first kappa shape index (κ1) is 57.1. The average Bonchev–Trinajstić information content (AvgIpc) is 3.24. The SMILES string of the molecule is CCCCC/C=C\CCCCCCCC(=O)OCCCCCCCCCCCC/C=C\CCCCCCCCCC(=O)NC(CO)C(O)/C=C/CCCCCCCCC. The number of carbonyl (C=O) groups excluding carboxylic acids is 2. The number of ether oxygens (including phenoxy) is 1. The van der Waals surface area contributed by atoms with E-state index in [1.807, 2.05) is 6.08 Å². The van der Waals surface area contributed by atoms with Gasteiger partial charge in [-0.25, -0.2) is 0 Å². The van der Waals surface area contributed by atoms with Crippen molar-refractivity contribution in [1.82, 2.24) is 5.32 Å². The average molecular weight is 830 g/mol. The fourth-order valence-corrected chi connectivity index (χ4v) is 7.62. The number of nitrogens with one attached hydrogen (secondary N) is 1. The van der Waals surface area contributed by atoms with Gasteiger partial charge in [0.25, 0.3) is 0 Å². The maximum atomic E-state index is 12.4. The molecule has 0 saturated heterocycles. The van der Waals surface area contributed by atoms with Crippen LogP contribution in [0.4, 0.5) is 0 Å². The third-order valence-corrected chi connectivity index (χ3v) is 11.6. The summed E-state index contributed by atoms with van der Waals surface area (Å²) in [5.74, 6) is -0.0830. The summed E-state index contributed by atoms with van der Waals surface area (Å²) in [5, 5.41) is 22.9. The normalized spacial score (nSPS) is 12.9. The molecule has 0 fully saturated rings. The van der Waals surface area contributed by atoms with Crippen molar-refractivity contribution >= 4 is 11.9 Å². The van der Waals surface area contributed by atoms with Crippen molar-refractivity contribution in [2.75, 3.05) is 13.2 Å². The number of hydrogen-bond donors (Lipinski definition) is 3. The molecule has 0 saturated carbocycles. The molecular formula is C53H99NO5. The van der Waals surface area contributed by atoms with Crippen LogP contribution < -0.4 is 5.32 Å². The molecular weight excluding hydrogens is 731 g/mol. The van der Waals surface area contributed by atoms with Crippen LogP contribution in [0.25, 0.3) is 0 Å². The summed E-state index contributed by atoms with van der Waals surface area (Å²) < 4.78 is 5.45. The number of carbonyl (C=O) groups is 2. The Morgan fingerprint density at radius 1 is 0.458 bits per heavy atom. The standard InChI is InChI=1S/C53H99NO5/c1-3-5-7-9-11-13-14-27-31-35-39-43-47-53(58)59-48-44-40-36-32-28-25-23-21-19-17-15-16-18-20-22-24-26-30-34-38-42-46-52(57)54-50(49-55)51(56)45-41-37-33-29-12-10-8-6-4-2/h11,13,16,18,41,45,50-51,55-56H,3-10,12,14-15,17,19-40,42-44,46-49H2,1-2H3,(H,54,57)/b13-11-,18-16-,45-41+. The van der Waals surface area contributed by atoms with Crippen LogP contribution in [-0.2, 0) is 14.3 Å². The van der Waals surface area contributed by atoms with E-state index in [1.165, 1.54) is 186 Å². The number of aliphatic hydroxyl groups is 2. The molecule has 0 radical (unpaired) electrons. The minimum Gasteiger partial charge on any atom is -0.466 e. The first-order chi connectivity index (χ1) is 29.0. The molecule has 6 heteroatoms. The maximum absolute atomic E-state index is 12.4. The van der Waals surface area contributed by atoms with E-state index in [9.17, 15) is 19.8 Å². The van der Waals surface area contributed by atoms with Crippen molar-refractivity contribution in [2.45, 2.75) is 276 Å². The second-order valence-corrected chi connectivity index (χ2v) is 17.5. The molecule has 0 heterocycles. The van der Waals surface area contributed by atoms with Crippen molar-refractivity contribution in [3.8, 4) is 0 Å². The largest absolute Gasteiger partial charge is 0.466 e. The molecule has 2 atom stereocenters. The highest BCUT2D eigenvalue weighted by molar-refractivity contribution is 5.76. The van der Waals surface area contributed by atoms with Gasteiger partial charge in [0, 0.05) is 12.8 Å². The monoisotopic (exact) mass is 830 g/mol. The highest BCUT2D eigenvalue weighted by Crippen LogP contribution is 2.15. The lowest BCUT2D eigenvalue weighted by Gasteiger charge is -2.20. The topological polar surface area (TPSA) is 95.9 Å². The van der Waals surface area contributed by atoms with Crippen molar-refractivity contribution in [3.63, 3.8) is 0 Å². The Balaban J connectivity index is 3.43. The summed E-state index contributed by atoms with van der Waals surface area (Å²) in [7, 11) is 0. The lowest BCUT2D eigenvalue weighted by molar-refractivity contribution is -0.143. The van der Waals surface area contributed by atoms with Crippen molar-refractivity contribution < 1.29 is 24.5 Å². The molecule has 0 aliphatic carbocycles. The minimum atomic E-state index is -0.847. The molecule has 6 nitrogen and oxygen atoms in total. The van der Waals surface area contributed by atoms with Crippen LogP contribution in [0.15, 0.2) is 36.5 Å². The second kappa shape index (κ2) is 48.7. The molecule has 0 rings (SSSR count). The van der Waals surface area contributed by atoms with E-state index in [0.717, 1.165) is 51.4 Å². The number of unbranched alkanes of at least 4 members (excludes halogenated alkanes) is 32. The highest BCUT2D eigenvalue weighted by atomic mass is 16.5. The summed E-state index contributed by atoms with van der Waals surface area (Å²) in [6.07, 6.45) is 58.7. The van der Waals surface area contributed by atoms with Crippen LogP contribution >= 0.6 is 0 Å². The van der Waals surface area contributed by atoms with Gasteiger partial charge >= 0.3 is 5.97 Å². The lowest BCUT2D eigenvalue weighted by atomic mass is 10.0. The molecule has 0 bridgehead atoms. The molecule has 0 aromatic carbocycles. The van der Waals surface area contributed by atoms with Crippen LogP contribution in [0.3, 0.4) is 0 Å². The van der Waals surface area contributed by atoms with Crippen LogP contribution in [0.5, 0.6) is 0 Å². The van der Waals surface area contributed by atoms with Gasteiger partial charge in [-0.1, -0.05) is 204 Å². The quantitative estimate of drug-likeness (QED) is 0.0323. The Morgan fingerprint density at radius 2 is 0.797 bits per heavy atom. The molecule has 0 aromatic rings. The molecule has 346 valence electrons. The first-order valence-electron chi connectivity index (χ1n) is 25.8. The van der Waals surface area contributed by atoms with Gasteiger partial charge in [0.2, 0.25) is 5.91 Å². The van der Waals surface area contributed by atoms with E-state index >= 15 is 0 Å². The number of rotatable bonds is 47.